The summed E-state index contributed by atoms with van der Waals surface area (Å²) < 4.78 is 3.16. The van der Waals surface area contributed by atoms with Crippen molar-refractivity contribution in [1.29, 1.82) is 0 Å². The van der Waals surface area contributed by atoms with Crippen LogP contribution >= 0.6 is 0 Å². The fourth-order valence-corrected chi connectivity index (χ4v) is 2.98. The minimum atomic E-state index is -0.294. The van der Waals surface area contributed by atoms with Crippen LogP contribution in [0.25, 0.3) is 11.0 Å². The number of imidazole rings is 1. The summed E-state index contributed by atoms with van der Waals surface area (Å²) in [6, 6.07) is 7.29. The van der Waals surface area contributed by atoms with Gasteiger partial charge in [0, 0.05) is 39.1 Å². The zero-order valence-electron chi connectivity index (χ0n) is 16.0. The van der Waals surface area contributed by atoms with Gasteiger partial charge in [-0.25, -0.2) is 14.6 Å². The third-order valence-electron chi connectivity index (χ3n) is 4.58. The van der Waals surface area contributed by atoms with E-state index in [1.165, 1.54) is 0 Å². The number of nitrogens with one attached hydrogen (secondary N) is 3. The zero-order valence-corrected chi connectivity index (χ0v) is 16.0. The number of fused-ring (bicyclic) bond motifs is 1. The van der Waals surface area contributed by atoms with E-state index in [1.54, 1.807) is 29.4 Å². The normalized spacial score (nSPS) is 10.8. The fourth-order valence-electron chi connectivity index (χ4n) is 2.98. The van der Waals surface area contributed by atoms with Gasteiger partial charge in [-0.3, -0.25) is 9.13 Å². The molecule has 1 aromatic carbocycles. The lowest BCUT2D eigenvalue weighted by atomic mass is 10.1. The summed E-state index contributed by atoms with van der Waals surface area (Å²) in [5, 5.41) is 8.85. The lowest BCUT2D eigenvalue weighted by Crippen LogP contribution is -2.33. The lowest BCUT2D eigenvalue weighted by Gasteiger charge is -2.12. The molecule has 2 heterocycles. The summed E-state index contributed by atoms with van der Waals surface area (Å²) >= 11 is 0. The fraction of sp³-hybridized carbons (Fsp3) is 0.316. The second-order valence-corrected chi connectivity index (χ2v) is 6.53. The van der Waals surface area contributed by atoms with Crippen LogP contribution in [0.3, 0.4) is 0 Å². The smallest absolute Gasteiger partial charge is 0.328 e. The molecule has 2 amide bonds. The van der Waals surface area contributed by atoms with Crippen molar-refractivity contribution in [3.8, 4) is 0 Å². The van der Waals surface area contributed by atoms with Gasteiger partial charge in [0.05, 0.1) is 11.0 Å². The molecule has 8 nitrogen and oxygen atoms in total. The van der Waals surface area contributed by atoms with Crippen LogP contribution < -0.4 is 21.6 Å². The number of benzene rings is 1. The standard InChI is InChI=1S/C19H24N6O2/c1-12-6-5-7-20-17(12)21-8-9-22-18(26)23-14-11-16-15(10-13(14)2)24(3)19(27)25(16)4/h5-7,10-11H,8-9H2,1-4H3,(H,20,21)(H2,22,23,26). The van der Waals surface area contributed by atoms with Crippen LogP contribution in [-0.2, 0) is 14.1 Å². The van der Waals surface area contributed by atoms with Gasteiger partial charge >= 0.3 is 11.7 Å². The summed E-state index contributed by atoms with van der Waals surface area (Å²) in [7, 11) is 3.45. The first-order valence-electron chi connectivity index (χ1n) is 8.75. The van der Waals surface area contributed by atoms with Gasteiger partial charge in [-0.15, -0.1) is 0 Å². The van der Waals surface area contributed by atoms with E-state index in [4.69, 9.17) is 0 Å². The molecule has 0 bridgehead atoms. The predicted octanol–water partition coefficient (Wildman–Crippen LogP) is 2.12. The van der Waals surface area contributed by atoms with E-state index >= 15 is 0 Å². The number of nitrogens with zero attached hydrogens (tertiary/aromatic N) is 3. The van der Waals surface area contributed by atoms with Crippen LogP contribution in [0.2, 0.25) is 0 Å². The molecule has 0 radical (unpaired) electrons. The Bertz CT molecular complexity index is 1050. The van der Waals surface area contributed by atoms with Crippen LogP contribution in [0, 0.1) is 13.8 Å². The van der Waals surface area contributed by atoms with Crippen LogP contribution in [0.15, 0.2) is 35.3 Å². The number of aromatic nitrogens is 3. The molecule has 3 rings (SSSR count). The molecule has 0 aliphatic heterocycles. The number of carbonyl (C=O) groups excluding carboxylic acids is 1. The first kappa shape index (κ1) is 18.5. The van der Waals surface area contributed by atoms with Crippen LogP contribution in [-0.4, -0.2) is 33.2 Å². The van der Waals surface area contributed by atoms with E-state index < -0.39 is 0 Å². The Hall–Kier alpha value is -3.29. The summed E-state index contributed by atoms with van der Waals surface area (Å²) in [5.74, 6) is 0.811. The van der Waals surface area contributed by atoms with Crippen molar-refractivity contribution in [2.45, 2.75) is 13.8 Å². The van der Waals surface area contributed by atoms with Gasteiger partial charge in [-0.2, -0.15) is 0 Å². The number of carbonyl (C=O) groups is 1. The maximum atomic E-state index is 12.2. The number of pyridine rings is 1. The summed E-state index contributed by atoms with van der Waals surface area (Å²) in [4.78, 5) is 28.5. The quantitative estimate of drug-likeness (QED) is 0.602. The molecule has 0 saturated heterocycles. The van der Waals surface area contributed by atoms with E-state index in [1.807, 2.05) is 38.1 Å². The summed E-state index contributed by atoms with van der Waals surface area (Å²) in [5.41, 5.74) is 4.13. The first-order chi connectivity index (χ1) is 12.9. The molecule has 8 heteroatoms. The van der Waals surface area contributed by atoms with Crippen molar-refractivity contribution in [2.75, 3.05) is 23.7 Å². The Morgan fingerprint density at radius 2 is 1.78 bits per heavy atom. The molecule has 0 unspecified atom stereocenters. The number of anilines is 2. The van der Waals surface area contributed by atoms with Crippen molar-refractivity contribution in [2.24, 2.45) is 14.1 Å². The Kier molecular flexibility index (Phi) is 5.16. The van der Waals surface area contributed by atoms with Gasteiger partial charge in [-0.1, -0.05) is 6.07 Å². The van der Waals surface area contributed by atoms with Gasteiger partial charge in [0.25, 0.3) is 0 Å². The highest BCUT2D eigenvalue weighted by molar-refractivity contribution is 5.93. The highest BCUT2D eigenvalue weighted by Gasteiger charge is 2.12. The monoisotopic (exact) mass is 368 g/mol. The number of amides is 2. The van der Waals surface area contributed by atoms with Gasteiger partial charge in [-0.05, 0) is 43.2 Å². The molecule has 142 valence electrons. The highest BCUT2D eigenvalue weighted by Crippen LogP contribution is 2.22. The summed E-state index contributed by atoms with van der Waals surface area (Å²) in [6.45, 7) is 4.90. The van der Waals surface area contributed by atoms with E-state index in [9.17, 15) is 9.59 Å². The molecular weight excluding hydrogens is 344 g/mol. The van der Waals surface area contributed by atoms with Crippen molar-refractivity contribution >= 4 is 28.6 Å². The average molecular weight is 368 g/mol. The SMILES string of the molecule is Cc1cc2c(cc1NC(=O)NCCNc1ncccc1C)n(C)c(=O)n2C. The van der Waals surface area contributed by atoms with Crippen molar-refractivity contribution < 1.29 is 4.79 Å². The Labute approximate surface area is 157 Å². The molecule has 27 heavy (non-hydrogen) atoms. The molecular formula is C19H24N6O2. The van der Waals surface area contributed by atoms with Crippen molar-refractivity contribution in [3.05, 3.63) is 52.1 Å². The largest absolute Gasteiger partial charge is 0.368 e. The molecule has 0 aliphatic rings. The average Bonchev–Trinajstić information content (AvgIpc) is 2.84. The number of hydrogen-bond acceptors (Lipinski definition) is 4. The van der Waals surface area contributed by atoms with E-state index in [2.05, 4.69) is 20.9 Å². The van der Waals surface area contributed by atoms with E-state index in [0.29, 0.717) is 18.8 Å². The first-order valence-corrected chi connectivity index (χ1v) is 8.75. The second kappa shape index (κ2) is 7.53. The highest BCUT2D eigenvalue weighted by atomic mass is 16.2. The van der Waals surface area contributed by atoms with Crippen LogP contribution in [0.4, 0.5) is 16.3 Å². The van der Waals surface area contributed by atoms with Crippen LogP contribution in [0.5, 0.6) is 0 Å². The molecule has 0 fully saturated rings. The van der Waals surface area contributed by atoms with Crippen molar-refractivity contribution in [1.82, 2.24) is 19.4 Å². The topological polar surface area (TPSA) is 93.0 Å². The molecule has 3 N–H and O–H groups in total. The van der Waals surface area contributed by atoms with E-state index in [0.717, 1.165) is 28.0 Å². The predicted molar refractivity (Wildman–Crippen MR) is 107 cm³/mol. The van der Waals surface area contributed by atoms with Crippen molar-refractivity contribution in [3.63, 3.8) is 0 Å². The second-order valence-electron chi connectivity index (χ2n) is 6.53. The minimum absolute atomic E-state index is 0.0955. The number of urea groups is 1. The maximum Gasteiger partial charge on any atom is 0.328 e. The van der Waals surface area contributed by atoms with Gasteiger partial charge in [0.2, 0.25) is 0 Å². The lowest BCUT2D eigenvalue weighted by molar-refractivity contribution is 0.252. The molecule has 0 spiro atoms. The molecule has 0 atom stereocenters. The molecule has 0 aliphatic carbocycles. The minimum Gasteiger partial charge on any atom is -0.368 e. The maximum absolute atomic E-state index is 12.2. The van der Waals surface area contributed by atoms with Gasteiger partial charge in [0.1, 0.15) is 5.82 Å². The van der Waals surface area contributed by atoms with Crippen LogP contribution in [0.1, 0.15) is 11.1 Å². The molecule has 3 aromatic rings. The Balaban J connectivity index is 1.61. The van der Waals surface area contributed by atoms with Gasteiger partial charge < -0.3 is 16.0 Å². The van der Waals surface area contributed by atoms with E-state index in [-0.39, 0.29) is 11.7 Å². The number of aryl methyl sites for hydroxylation is 4. The van der Waals surface area contributed by atoms with Gasteiger partial charge in [0.15, 0.2) is 0 Å². The zero-order chi connectivity index (χ0) is 19.6. The number of hydrogen-bond donors (Lipinski definition) is 3. The third kappa shape index (κ3) is 3.79. The Morgan fingerprint density at radius 3 is 2.48 bits per heavy atom. The number of rotatable bonds is 5. The Morgan fingerprint density at radius 1 is 1.07 bits per heavy atom. The molecule has 2 aromatic heterocycles. The molecule has 0 saturated carbocycles. The third-order valence-corrected chi connectivity index (χ3v) is 4.58. The summed E-state index contributed by atoms with van der Waals surface area (Å²) in [6.07, 6.45) is 1.73.